The zero-order valence-corrected chi connectivity index (χ0v) is 14.3. The number of non-ortho nitro benzene ring substituents is 1. The van der Waals surface area contributed by atoms with Crippen LogP contribution < -0.4 is 10.1 Å². The fraction of sp³-hybridized carbons (Fsp3) is 0.143. The van der Waals surface area contributed by atoms with Crippen molar-refractivity contribution in [2.45, 2.75) is 0 Å². The first-order chi connectivity index (χ1) is 12.3. The van der Waals surface area contributed by atoms with Gasteiger partial charge < -0.3 is 14.6 Å². The number of hydrogen-bond acceptors (Lipinski definition) is 10. The topological polar surface area (TPSA) is 153 Å². The number of nitro benzene ring substituents is 1. The number of hydrogen-bond donors (Lipinski definition) is 2. The summed E-state index contributed by atoms with van der Waals surface area (Å²) >= 11 is 0.858. The summed E-state index contributed by atoms with van der Waals surface area (Å²) in [5.41, 5.74) is -0.305. The molecule has 0 saturated carbocycles. The van der Waals surface area contributed by atoms with Gasteiger partial charge in [-0.15, -0.1) is 5.10 Å². The van der Waals surface area contributed by atoms with Crippen molar-refractivity contribution < 1.29 is 29.1 Å². The molecule has 1 fully saturated rings. The van der Waals surface area contributed by atoms with E-state index in [0.717, 1.165) is 36.2 Å². The third-order valence-electron chi connectivity index (χ3n) is 2.97. The average molecular weight is 380 g/mol. The monoisotopic (exact) mass is 380 g/mol. The first kappa shape index (κ1) is 18.9. The lowest BCUT2D eigenvalue weighted by Crippen LogP contribution is -2.19. The number of carbonyl (C=O) groups is 2. The standard InChI is InChI=1S/C14H12N4O7S/c1-24-9-4-8(18(22)23)3-7(12(9)20)6-15-17-14-16-13(21)10(26-14)5-11(19)25-2/h3-6,20H,1-2H3,(H,16,17,21)/b10-5+,15-6?. The molecule has 0 radical (unpaired) electrons. The van der Waals surface area contributed by atoms with E-state index >= 15 is 0 Å². The molecule has 26 heavy (non-hydrogen) atoms. The number of amides is 1. The van der Waals surface area contributed by atoms with Gasteiger partial charge in [0.1, 0.15) is 0 Å². The second-order valence-electron chi connectivity index (χ2n) is 4.58. The molecule has 0 aliphatic carbocycles. The lowest BCUT2D eigenvalue weighted by Gasteiger charge is -2.05. The number of ether oxygens (including phenoxy) is 2. The molecule has 1 saturated heterocycles. The van der Waals surface area contributed by atoms with Gasteiger partial charge in [-0.3, -0.25) is 20.2 Å². The van der Waals surface area contributed by atoms with Crippen molar-refractivity contribution in [2.75, 3.05) is 14.2 Å². The van der Waals surface area contributed by atoms with E-state index in [2.05, 4.69) is 20.3 Å². The summed E-state index contributed by atoms with van der Waals surface area (Å²) in [4.78, 5) is 33.1. The summed E-state index contributed by atoms with van der Waals surface area (Å²) < 4.78 is 9.30. The number of aromatic hydroxyl groups is 1. The van der Waals surface area contributed by atoms with Crippen LogP contribution in [-0.2, 0) is 14.3 Å². The van der Waals surface area contributed by atoms with Gasteiger partial charge in [0.25, 0.3) is 11.6 Å². The van der Waals surface area contributed by atoms with Crippen LogP contribution >= 0.6 is 11.8 Å². The Balaban J connectivity index is 2.23. The van der Waals surface area contributed by atoms with Crippen LogP contribution in [0.5, 0.6) is 11.5 Å². The summed E-state index contributed by atoms with van der Waals surface area (Å²) in [5.74, 6) is -1.69. The van der Waals surface area contributed by atoms with Crippen LogP contribution in [0.2, 0.25) is 0 Å². The molecule has 0 bridgehead atoms. The summed E-state index contributed by atoms with van der Waals surface area (Å²) in [6, 6.07) is 2.15. The number of esters is 1. The SMILES string of the molecule is COC(=O)/C=C1/S/C(=N\N=Cc2cc([N+](=O)[O-])cc(OC)c2O)NC1=O. The number of phenols is 1. The van der Waals surface area contributed by atoms with Crippen LogP contribution in [0.4, 0.5) is 5.69 Å². The van der Waals surface area contributed by atoms with Gasteiger partial charge in [0.2, 0.25) is 0 Å². The molecule has 12 heteroatoms. The van der Waals surface area contributed by atoms with E-state index in [1.807, 2.05) is 0 Å². The predicted molar refractivity (Wildman–Crippen MR) is 92.2 cm³/mol. The van der Waals surface area contributed by atoms with Crippen LogP contribution in [-0.4, -0.2) is 47.5 Å². The lowest BCUT2D eigenvalue weighted by atomic mass is 10.2. The van der Waals surface area contributed by atoms with E-state index in [-0.39, 0.29) is 32.8 Å². The molecule has 1 aromatic carbocycles. The Hall–Kier alpha value is -3.41. The number of phenolic OH excluding ortho intramolecular Hbond substituents is 1. The Labute approximate surface area is 150 Å². The van der Waals surface area contributed by atoms with Crippen molar-refractivity contribution in [3.05, 3.63) is 38.8 Å². The second kappa shape index (κ2) is 8.11. The van der Waals surface area contributed by atoms with E-state index in [4.69, 9.17) is 4.74 Å². The van der Waals surface area contributed by atoms with E-state index in [1.165, 1.54) is 14.2 Å². The maximum absolute atomic E-state index is 11.7. The van der Waals surface area contributed by atoms with Crippen molar-refractivity contribution in [3.63, 3.8) is 0 Å². The Morgan fingerprint density at radius 1 is 1.42 bits per heavy atom. The zero-order chi connectivity index (χ0) is 19.3. The summed E-state index contributed by atoms with van der Waals surface area (Å²) in [6.45, 7) is 0. The highest BCUT2D eigenvalue weighted by Gasteiger charge is 2.25. The molecule has 1 amide bonds. The minimum Gasteiger partial charge on any atom is -0.504 e. The maximum Gasteiger partial charge on any atom is 0.331 e. The Morgan fingerprint density at radius 3 is 2.77 bits per heavy atom. The van der Waals surface area contributed by atoms with Crippen molar-refractivity contribution in [1.82, 2.24) is 5.32 Å². The number of nitrogens with one attached hydrogen (secondary N) is 1. The number of methoxy groups -OCH3 is 2. The molecule has 1 aliphatic rings. The van der Waals surface area contributed by atoms with Gasteiger partial charge in [-0.2, -0.15) is 5.10 Å². The molecule has 2 rings (SSSR count). The van der Waals surface area contributed by atoms with Gasteiger partial charge >= 0.3 is 5.97 Å². The number of amidine groups is 1. The average Bonchev–Trinajstić information content (AvgIpc) is 2.95. The van der Waals surface area contributed by atoms with Gasteiger partial charge in [0.15, 0.2) is 16.7 Å². The molecular weight excluding hydrogens is 368 g/mol. The quantitative estimate of drug-likeness (QED) is 0.251. The molecule has 136 valence electrons. The maximum atomic E-state index is 11.7. The summed E-state index contributed by atoms with van der Waals surface area (Å²) in [5, 5.41) is 30.7. The minimum atomic E-state index is -0.694. The highest BCUT2D eigenvalue weighted by molar-refractivity contribution is 8.18. The fourth-order valence-corrected chi connectivity index (χ4v) is 2.50. The van der Waals surface area contributed by atoms with Crippen LogP contribution in [0, 0.1) is 10.1 Å². The Morgan fingerprint density at radius 2 is 2.15 bits per heavy atom. The molecular formula is C14H12N4O7S. The van der Waals surface area contributed by atoms with Gasteiger partial charge in [-0.25, -0.2) is 4.79 Å². The first-order valence-corrected chi connectivity index (χ1v) is 7.62. The number of thioether (sulfide) groups is 1. The largest absolute Gasteiger partial charge is 0.504 e. The number of nitro groups is 1. The summed E-state index contributed by atoms with van der Waals surface area (Å²) in [6.07, 6.45) is 2.07. The first-order valence-electron chi connectivity index (χ1n) is 6.81. The molecule has 0 spiro atoms. The van der Waals surface area contributed by atoms with Crippen LogP contribution in [0.15, 0.2) is 33.3 Å². The molecule has 11 nitrogen and oxygen atoms in total. The normalized spacial score (nSPS) is 16.9. The van der Waals surface area contributed by atoms with Gasteiger partial charge in [0, 0.05) is 17.7 Å². The van der Waals surface area contributed by atoms with E-state index in [0.29, 0.717) is 0 Å². The number of nitrogens with zero attached hydrogens (tertiary/aromatic N) is 3. The van der Waals surface area contributed by atoms with E-state index in [1.54, 1.807) is 0 Å². The number of benzene rings is 1. The van der Waals surface area contributed by atoms with Crippen molar-refractivity contribution in [3.8, 4) is 11.5 Å². The third-order valence-corrected chi connectivity index (χ3v) is 3.87. The van der Waals surface area contributed by atoms with Crippen LogP contribution in [0.1, 0.15) is 5.56 Å². The van der Waals surface area contributed by atoms with Crippen molar-refractivity contribution >= 4 is 40.7 Å². The number of rotatable bonds is 5. The second-order valence-corrected chi connectivity index (χ2v) is 5.61. The molecule has 0 unspecified atom stereocenters. The Kier molecular flexibility index (Phi) is 5.90. The third kappa shape index (κ3) is 4.36. The predicted octanol–water partition coefficient (Wildman–Crippen LogP) is 0.919. The summed E-state index contributed by atoms with van der Waals surface area (Å²) in [7, 11) is 2.43. The molecule has 1 aliphatic heterocycles. The molecule has 1 heterocycles. The van der Waals surface area contributed by atoms with Gasteiger partial charge in [0.05, 0.1) is 36.3 Å². The van der Waals surface area contributed by atoms with E-state index in [9.17, 15) is 24.8 Å². The van der Waals surface area contributed by atoms with Crippen molar-refractivity contribution in [2.24, 2.45) is 10.2 Å². The zero-order valence-electron chi connectivity index (χ0n) is 13.5. The van der Waals surface area contributed by atoms with Gasteiger partial charge in [-0.1, -0.05) is 0 Å². The van der Waals surface area contributed by atoms with Crippen molar-refractivity contribution in [1.29, 1.82) is 0 Å². The molecule has 0 aromatic heterocycles. The number of carbonyl (C=O) groups excluding carboxylic acids is 2. The smallest absolute Gasteiger partial charge is 0.331 e. The molecule has 1 aromatic rings. The highest BCUT2D eigenvalue weighted by Crippen LogP contribution is 2.33. The van der Waals surface area contributed by atoms with E-state index < -0.39 is 16.8 Å². The molecule has 2 N–H and O–H groups in total. The van der Waals surface area contributed by atoms with Crippen LogP contribution in [0.3, 0.4) is 0 Å². The fourth-order valence-electron chi connectivity index (χ4n) is 1.76. The van der Waals surface area contributed by atoms with Gasteiger partial charge in [-0.05, 0) is 11.8 Å². The minimum absolute atomic E-state index is 0.0000461. The Bertz CT molecular complexity index is 863. The highest BCUT2D eigenvalue weighted by atomic mass is 32.2. The lowest BCUT2D eigenvalue weighted by molar-refractivity contribution is -0.385. The van der Waals surface area contributed by atoms with Crippen LogP contribution in [0.25, 0.3) is 0 Å². The molecule has 0 atom stereocenters.